The number of fused-ring (bicyclic) bond motifs is 1. The van der Waals surface area contributed by atoms with Crippen LogP contribution >= 0.6 is 0 Å². The van der Waals surface area contributed by atoms with Gasteiger partial charge >= 0.3 is 6.03 Å². The lowest BCUT2D eigenvalue weighted by Gasteiger charge is -2.31. The van der Waals surface area contributed by atoms with Crippen LogP contribution in [0.4, 0.5) is 4.79 Å². The first-order valence-electron chi connectivity index (χ1n) is 8.40. The van der Waals surface area contributed by atoms with E-state index in [2.05, 4.69) is 11.4 Å². The Hall–Kier alpha value is -2.27. The van der Waals surface area contributed by atoms with Gasteiger partial charge in [-0.3, -0.25) is 0 Å². The van der Waals surface area contributed by atoms with Gasteiger partial charge in [0, 0.05) is 26.2 Å². The number of hydrogen-bond donors (Lipinski definition) is 2. The number of piperidine rings is 1. The number of urea groups is 1. The number of nitrogens with one attached hydrogen (secondary N) is 1. The lowest BCUT2D eigenvalue weighted by Crippen LogP contribution is -2.45. The van der Waals surface area contributed by atoms with E-state index in [9.17, 15) is 9.90 Å². The summed E-state index contributed by atoms with van der Waals surface area (Å²) in [6.45, 7) is 2.05. The highest BCUT2D eigenvalue weighted by Gasteiger charge is 2.22. The Morgan fingerprint density at radius 3 is 2.88 bits per heavy atom. The first-order chi connectivity index (χ1) is 11.7. The summed E-state index contributed by atoms with van der Waals surface area (Å²) in [5.74, 6) is 1.05. The number of rotatable bonds is 4. The zero-order valence-corrected chi connectivity index (χ0v) is 14.0. The van der Waals surface area contributed by atoms with Gasteiger partial charge in [-0.15, -0.1) is 0 Å². The fraction of sp³-hybridized carbons (Fsp3) is 0.421. The topological polar surface area (TPSA) is 61.8 Å². The number of aliphatic hydroxyl groups is 1. The third kappa shape index (κ3) is 3.79. The van der Waals surface area contributed by atoms with Crippen molar-refractivity contribution in [3.63, 3.8) is 0 Å². The van der Waals surface area contributed by atoms with Crippen molar-refractivity contribution in [3.05, 3.63) is 42.0 Å². The average molecular weight is 328 g/mol. The zero-order valence-electron chi connectivity index (χ0n) is 14.0. The first kappa shape index (κ1) is 16.6. The van der Waals surface area contributed by atoms with Crippen LogP contribution in [-0.4, -0.2) is 42.8 Å². The molecule has 0 saturated carbocycles. The molecule has 2 amide bonds. The molecule has 5 nitrogen and oxygen atoms in total. The number of benzene rings is 2. The maximum atomic E-state index is 12.3. The van der Waals surface area contributed by atoms with Crippen LogP contribution in [0.2, 0.25) is 0 Å². The average Bonchev–Trinajstić information content (AvgIpc) is 2.65. The Balaban J connectivity index is 1.61. The Kier molecular flexibility index (Phi) is 5.20. The number of nitrogens with zero attached hydrogens (tertiary/aromatic N) is 1. The number of aliphatic hydroxyl groups excluding tert-OH is 1. The maximum Gasteiger partial charge on any atom is 0.317 e. The minimum atomic E-state index is -0.0528. The molecule has 128 valence electrons. The van der Waals surface area contributed by atoms with Crippen LogP contribution in [0.5, 0.6) is 5.75 Å². The molecule has 5 heteroatoms. The highest BCUT2D eigenvalue weighted by Crippen LogP contribution is 2.22. The lowest BCUT2D eigenvalue weighted by molar-refractivity contribution is 0.129. The van der Waals surface area contributed by atoms with Gasteiger partial charge in [-0.25, -0.2) is 4.79 Å². The molecule has 2 aromatic carbocycles. The lowest BCUT2D eigenvalue weighted by atomic mass is 9.99. The summed E-state index contributed by atoms with van der Waals surface area (Å²) in [6.07, 6.45) is 1.95. The molecular formula is C19H24N2O3. The van der Waals surface area contributed by atoms with Crippen LogP contribution in [0, 0.1) is 5.92 Å². The number of ether oxygens (including phenoxy) is 1. The van der Waals surface area contributed by atoms with Crippen molar-refractivity contribution in [2.45, 2.75) is 19.4 Å². The third-order valence-corrected chi connectivity index (χ3v) is 4.62. The molecule has 1 unspecified atom stereocenters. The number of hydrogen-bond acceptors (Lipinski definition) is 3. The van der Waals surface area contributed by atoms with Crippen LogP contribution in [0.3, 0.4) is 0 Å². The van der Waals surface area contributed by atoms with Gasteiger partial charge in [0.15, 0.2) is 0 Å². The van der Waals surface area contributed by atoms with Crippen molar-refractivity contribution in [1.82, 2.24) is 10.2 Å². The molecule has 1 heterocycles. The third-order valence-electron chi connectivity index (χ3n) is 4.62. The fourth-order valence-corrected chi connectivity index (χ4v) is 3.20. The molecule has 1 aliphatic rings. The summed E-state index contributed by atoms with van der Waals surface area (Å²) in [5.41, 5.74) is 1.07. The predicted molar refractivity (Wildman–Crippen MR) is 94.1 cm³/mol. The van der Waals surface area contributed by atoms with Crippen LogP contribution in [0.15, 0.2) is 36.4 Å². The van der Waals surface area contributed by atoms with E-state index in [0.29, 0.717) is 13.1 Å². The number of amides is 2. The van der Waals surface area contributed by atoms with Gasteiger partial charge in [-0.2, -0.15) is 0 Å². The van der Waals surface area contributed by atoms with Gasteiger partial charge in [0.25, 0.3) is 0 Å². The van der Waals surface area contributed by atoms with Gasteiger partial charge < -0.3 is 20.1 Å². The summed E-state index contributed by atoms with van der Waals surface area (Å²) >= 11 is 0. The number of likely N-dealkylation sites (tertiary alicyclic amines) is 1. The molecule has 0 radical (unpaired) electrons. The molecule has 1 fully saturated rings. The SMILES string of the molecule is COc1ccc2cc(CNC(=O)N3CCCC(CO)C3)ccc2c1. The number of carbonyl (C=O) groups is 1. The Labute approximate surface area is 142 Å². The predicted octanol–water partition coefficient (Wildman–Crippen LogP) is 2.76. The number of carbonyl (C=O) groups excluding carboxylic acids is 1. The number of methoxy groups -OCH3 is 1. The zero-order chi connectivity index (χ0) is 16.9. The Morgan fingerprint density at radius 1 is 1.29 bits per heavy atom. The molecule has 0 spiro atoms. The van der Waals surface area contributed by atoms with Crippen LogP contribution in [-0.2, 0) is 6.54 Å². The highest BCUT2D eigenvalue weighted by molar-refractivity contribution is 5.84. The summed E-state index contributed by atoms with van der Waals surface area (Å²) in [6, 6.07) is 12.1. The first-order valence-corrected chi connectivity index (χ1v) is 8.40. The molecule has 24 heavy (non-hydrogen) atoms. The second-order valence-electron chi connectivity index (χ2n) is 6.34. The smallest absolute Gasteiger partial charge is 0.317 e. The minimum absolute atomic E-state index is 0.0528. The molecule has 0 aliphatic carbocycles. The second kappa shape index (κ2) is 7.53. The van der Waals surface area contributed by atoms with E-state index >= 15 is 0 Å². The van der Waals surface area contributed by atoms with Gasteiger partial charge in [-0.05, 0) is 53.3 Å². The Bertz CT molecular complexity index is 717. The van der Waals surface area contributed by atoms with Crippen LogP contribution < -0.4 is 10.1 Å². The molecule has 1 atom stereocenters. The molecule has 1 saturated heterocycles. The highest BCUT2D eigenvalue weighted by atomic mass is 16.5. The summed E-state index contributed by atoms with van der Waals surface area (Å²) in [5, 5.41) is 14.5. The van der Waals surface area contributed by atoms with Crippen molar-refractivity contribution < 1.29 is 14.6 Å². The molecular weight excluding hydrogens is 304 g/mol. The molecule has 2 aromatic rings. The van der Waals surface area contributed by atoms with Crippen molar-refractivity contribution >= 4 is 16.8 Å². The van der Waals surface area contributed by atoms with Gasteiger partial charge in [0.1, 0.15) is 5.75 Å². The largest absolute Gasteiger partial charge is 0.497 e. The van der Waals surface area contributed by atoms with Crippen LogP contribution in [0.25, 0.3) is 10.8 Å². The molecule has 0 bridgehead atoms. The van der Waals surface area contributed by atoms with E-state index in [4.69, 9.17) is 4.74 Å². The Morgan fingerprint density at radius 2 is 2.08 bits per heavy atom. The van der Waals surface area contributed by atoms with Gasteiger partial charge in [-0.1, -0.05) is 18.2 Å². The van der Waals surface area contributed by atoms with Crippen molar-refractivity contribution in [2.75, 3.05) is 26.8 Å². The molecule has 0 aromatic heterocycles. The van der Waals surface area contributed by atoms with E-state index in [1.54, 1.807) is 12.0 Å². The van der Waals surface area contributed by atoms with E-state index in [-0.39, 0.29) is 18.6 Å². The summed E-state index contributed by atoms with van der Waals surface area (Å²) in [7, 11) is 1.66. The minimum Gasteiger partial charge on any atom is -0.497 e. The summed E-state index contributed by atoms with van der Waals surface area (Å²) < 4.78 is 5.24. The maximum absolute atomic E-state index is 12.3. The van der Waals surface area contributed by atoms with Crippen molar-refractivity contribution in [1.29, 1.82) is 0 Å². The second-order valence-corrected chi connectivity index (χ2v) is 6.34. The fourth-order valence-electron chi connectivity index (χ4n) is 3.20. The van der Waals surface area contributed by atoms with E-state index in [0.717, 1.165) is 41.5 Å². The van der Waals surface area contributed by atoms with Crippen LogP contribution in [0.1, 0.15) is 18.4 Å². The molecule has 3 rings (SSSR count). The summed E-state index contributed by atoms with van der Waals surface area (Å²) in [4.78, 5) is 14.1. The van der Waals surface area contributed by atoms with Crippen molar-refractivity contribution in [3.8, 4) is 5.75 Å². The normalized spacial score (nSPS) is 17.8. The van der Waals surface area contributed by atoms with E-state index < -0.39 is 0 Å². The van der Waals surface area contributed by atoms with Gasteiger partial charge in [0.2, 0.25) is 0 Å². The van der Waals surface area contributed by atoms with E-state index in [1.807, 2.05) is 30.3 Å². The van der Waals surface area contributed by atoms with Crippen molar-refractivity contribution in [2.24, 2.45) is 5.92 Å². The quantitative estimate of drug-likeness (QED) is 0.907. The molecule has 1 aliphatic heterocycles. The monoisotopic (exact) mass is 328 g/mol. The van der Waals surface area contributed by atoms with Gasteiger partial charge in [0.05, 0.1) is 7.11 Å². The molecule has 2 N–H and O–H groups in total. The standard InChI is InChI=1S/C19H24N2O3/c1-24-18-7-6-16-9-14(4-5-17(16)10-18)11-20-19(23)21-8-2-3-15(12-21)13-22/h4-7,9-10,15,22H,2-3,8,11-13H2,1H3,(H,20,23). The van der Waals surface area contributed by atoms with E-state index in [1.165, 1.54) is 0 Å².